The number of esters is 2. The molecular weight excluding hydrogens is 348 g/mol. The molecule has 1 aromatic carbocycles. The number of carbonyl (C=O) groups is 3. The van der Waals surface area contributed by atoms with Crippen molar-refractivity contribution < 1.29 is 23.9 Å². The lowest BCUT2D eigenvalue weighted by Gasteiger charge is -2.28. The minimum Gasteiger partial charge on any atom is -0.469 e. The fourth-order valence-electron chi connectivity index (χ4n) is 2.56. The van der Waals surface area contributed by atoms with Crippen molar-refractivity contribution in [2.75, 3.05) is 14.2 Å². The largest absolute Gasteiger partial charge is 0.469 e. The van der Waals surface area contributed by atoms with Crippen molar-refractivity contribution in [3.8, 4) is 0 Å². The highest BCUT2D eigenvalue weighted by Crippen LogP contribution is 2.09. The Morgan fingerprint density at radius 1 is 1.00 bits per heavy atom. The van der Waals surface area contributed by atoms with Gasteiger partial charge in [0.25, 0.3) is 0 Å². The monoisotopic (exact) mass is 378 g/mol. The molecule has 0 fully saturated rings. The number of rotatable bonds is 9. The molecule has 2 atom stereocenters. The Kier molecular flexibility index (Phi) is 8.94. The van der Waals surface area contributed by atoms with Gasteiger partial charge >= 0.3 is 11.9 Å². The number of hydrogen-bond acceptors (Lipinski definition) is 6. The lowest BCUT2D eigenvalue weighted by atomic mass is 10.0. The van der Waals surface area contributed by atoms with Crippen LogP contribution in [-0.4, -0.2) is 49.7 Å². The first-order valence-corrected chi connectivity index (χ1v) is 8.93. The second-order valence-corrected chi connectivity index (χ2v) is 7.34. The fourth-order valence-corrected chi connectivity index (χ4v) is 2.56. The summed E-state index contributed by atoms with van der Waals surface area (Å²) in [6, 6.07) is 7.99. The summed E-state index contributed by atoms with van der Waals surface area (Å²) in [5, 5.41) is 5.94. The third-order valence-electron chi connectivity index (χ3n) is 3.85. The van der Waals surface area contributed by atoms with Crippen LogP contribution in [0.4, 0.5) is 0 Å². The molecule has 0 saturated carbocycles. The third kappa shape index (κ3) is 8.68. The van der Waals surface area contributed by atoms with E-state index in [1.54, 1.807) is 0 Å². The Labute approximate surface area is 160 Å². The average molecular weight is 378 g/mol. The van der Waals surface area contributed by atoms with Crippen LogP contribution in [-0.2, 0) is 30.3 Å². The topological polar surface area (TPSA) is 93.7 Å². The molecule has 7 nitrogen and oxygen atoms in total. The van der Waals surface area contributed by atoms with E-state index >= 15 is 0 Å². The van der Waals surface area contributed by atoms with Gasteiger partial charge in [-0.1, -0.05) is 30.3 Å². The Bertz CT molecular complexity index is 625. The molecular formula is C20H30N2O5. The van der Waals surface area contributed by atoms with Crippen LogP contribution < -0.4 is 10.6 Å². The second-order valence-electron chi connectivity index (χ2n) is 7.34. The zero-order valence-electron chi connectivity index (χ0n) is 16.7. The van der Waals surface area contributed by atoms with E-state index < -0.39 is 29.6 Å². The molecule has 0 aromatic heterocycles. The zero-order valence-corrected chi connectivity index (χ0v) is 16.7. The molecule has 0 saturated heterocycles. The Hall–Kier alpha value is -2.41. The van der Waals surface area contributed by atoms with E-state index in [9.17, 15) is 14.4 Å². The van der Waals surface area contributed by atoms with Crippen LogP contribution in [0.3, 0.4) is 0 Å². The SMILES string of the molecule is COC(=O)CC[C@@H](N[C@@H](Cc1ccccc1)C(=O)OC)C(=O)NC(C)(C)C. The maximum Gasteiger partial charge on any atom is 0.323 e. The molecule has 150 valence electrons. The normalized spacial score (nSPS) is 13.4. The van der Waals surface area contributed by atoms with E-state index in [1.807, 2.05) is 51.1 Å². The number of ether oxygens (including phenoxy) is 2. The summed E-state index contributed by atoms with van der Waals surface area (Å²) in [6.45, 7) is 5.60. The molecule has 0 radical (unpaired) electrons. The summed E-state index contributed by atoms with van der Waals surface area (Å²) in [6.07, 6.45) is 0.632. The van der Waals surface area contributed by atoms with Gasteiger partial charge in [-0.25, -0.2) is 0 Å². The van der Waals surface area contributed by atoms with E-state index in [0.29, 0.717) is 6.42 Å². The van der Waals surface area contributed by atoms with Crippen LogP contribution >= 0.6 is 0 Å². The predicted molar refractivity (Wildman–Crippen MR) is 102 cm³/mol. The number of nitrogens with one attached hydrogen (secondary N) is 2. The minimum atomic E-state index is -0.740. The standard InChI is InChI=1S/C20H30N2O5/c1-20(2,3)22-18(24)15(11-12-17(23)26-4)21-16(19(25)27-5)13-14-9-7-6-8-10-14/h6-10,15-16,21H,11-13H2,1-5H3,(H,22,24)/t15-,16+/m1/s1. The number of hydrogen-bond donors (Lipinski definition) is 2. The zero-order chi connectivity index (χ0) is 20.4. The van der Waals surface area contributed by atoms with Crippen molar-refractivity contribution in [2.45, 2.75) is 57.7 Å². The van der Waals surface area contributed by atoms with Gasteiger partial charge in [-0.3, -0.25) is 19.7 Å². The van der Waals surface area contributed by atoms with Crippen LogP contribution in [0.15, 0.2) is 30.3 Å². The van der Waals surface area contributed by atoms with Gasteiger partial charge in [0.05, 0.1) is 20.3 Å². The van der Waals surface area contributed by atoms with Gasteiger partial charge in [0, 0.05) is 12.0 Å². The summed E-state index contributed by atoms with van der Waals surface area (Å²) < 4.78 is 9.55. The van der Waals surface area contributed by atoms with Crippen LogP contribution in [0.25, 0.3) is 0 Å². The van der Waals surface area contributed by atoms with Crippen LogP contribution in [0.2, 0.25) is 0 Å². The number of carbonyl (C=O) groups excluding carboxylic acids is 3. The van der Waals surface area contributed by atoms with E-state index in [-0.39, 0.29) is 18.7 Å². The Morgan fingerprint density at radius 3 is 2.15 bits per heavy atom. The molecule has 1 aromatic rings. The van der Waals surface area contributed by atoms with Gasteiger partial charge in [0.15, 0.2) is 0 Å². The molecule has 0 bridgehead atoms. The maximum atomic E-state index is 12.7. The molecule has 0 aliphatic carbocycles. The molecule has 0 spiro atoms. The van der Waals surface area contributed by atoms with Gasteiger partial charge in [-0.15, -0.1) is 0 Å². The quantitative estimate of drug-likeness (QED) is 0.634. The molecule has 27 heavy (non-hydrogen) atoms. The average Bonchev–Trinajstić information content (AvgIpc) is 2.62. The molecule has 0 aliphatic heterocycles. The lowest BCUT2D eigenvalue weighted by molar-refractivity contribution is -0.143. The third-order valence-corrected chi connectivity index (χ3v) is 3.85. The second kappa shape index (κ2) is 10.7. The van der Waals surface area contributed by atoms with Gasteiger partial charge in [0.1, 0.15) is 6.04 Å². The first-order chi connectivity index (χ1) is 12.7. The molecule has 1 amide bonds. The summed E-state index contributed by atoms with van der Waals surface area (Å²) in [7, 11) is 2.60. The summed E-state index contributed by atoms with van der Waals surface area (Å²) in [5.74, 6) is -1.16. The van der Waals surface area contributed by atoms with Gasteiger partial charge < -0.3 is 14.8 Å². The highest BCUT2D eigenvalue weighted by Gasteiger charge is 2.29. The van der Waals surface area contributed by atoms with Gasteiger partial charge in [-0.05, 0) is 39.2 Å². The van der Waals surface area contributed by atoms with E-state index in [0.717, 1.165) is 5.56 Å². The molecule has 2 N–H and O–H groups in total. The highest BCUT2D eigenvalue weighted by molar-refractivity contribution is 5.84. The van der Waals surface area contributed by atoms with Crippen LogP contribution in [0, 0.1) is 0 Å². The predicted octanol–water partition coefficient (Wildman–Crippen LogP) is 1.60. The van der Waals surface area contributed by atoms with Crippen LogP contribution in [0.5, 0.6) is 0 Å². The van der Waals surface area contributed by atoms with Crippen LogP contribution in [0.1, 0.15) is 39.2 Å². The first kappa shape index (κ1) is 22.6. The van der Waals surface area contributed by atoms with Gasteiger partial charge in [-0.2, -0.15) is 0 Å². The maximum absolute atomic E-state index is 12.7. The summed E-state index contributed by atoms with van der Waals surface area (Å²) >= 11 is 0. The van der Waals surface area contributed by atoms with Crippen molar-refractivity contribution in [3.63, 3.8) is 0 Å². The summed E-state index contributed by atoms with van der Waals surface area (Å²) in [4.78, 5) is 36.4. The minimum absolute atomic E-state index is 0.0605. The molecule has 7 heteroatoms. The van der Waals surface area contributed by atoms with E-state index in [4.69, 9.17) is 4.74 Å². The van der Waals surface area contributed by atoms with Crippen molar-refractivity contribution in [2.24, 2.45) is 0 Å². The Morgan fingerprint density at radius 2 is 1.63 bits per heavy atom. The van der Waals surface area contributed by atoms with Crippen molar-refractivity contribution in [1.82, 2.24) is 10.6 Å². The van der Waals surface area contributed by atoms with E-state index in [1.165, 1.54) is 14.2 Å². The Balaban J connectivity index is 2.95. The number of amides is 1. The molecule has 0 unspecified atom stereocenters. The van der Waals surface area contributed by atoms with Crippen molar-refractivity contribution in [1.29, 1.82) is 0 Å². The molecule has 1 rings (SSSR count). The number of methoxy groups -OCH3 is 2. The number of benzene rings is 1. The lowest BCUT2D eigenvalue weighted by Crippen LogP contribution is -2.55. The molecule has 0 heterocycles. The van der Waals surface area contributed by atoms with Gasteiger partial charge in [0.2, 0.25) is 5.91 Å². The highest BCUT2D eigenvalue weighted by atomic mass is 16.5. The van der Waals surface area contributed by atoms with E-state index in [2.05, 4.69) is 15.4 Å². The van der Waals surface area contributed by atoms with Crippen molar-refractivity contribution in [3.05, 3.63) is 35.9 Å². The molecule has 0 aliphatic rings. The van der Waals surface area contributed by atoms with Crippen molar-refractivity contribution >= 4 is 17.8 Å². The smallest absolute Gasteiger partial charge is 0.323 e. The first-order valence-electron chi connectivity index (χ1n) is 8.93. The fraction of sp³-hybridized carbons (Fsp3) is 0.550. The summed E-state index contributed by atoms with van der Waals surface area (Å²) in [5.41, 5.74) is 0.492.